The molecule has 0 amide bonds. The van der Waals surface area contributed by atoms with Crippen LogP contribution in [-0.2, 0) is 0 Å². The maximum absolute atomic E-state index is 12.3. The lowest BCUT2D eigenvalue weighted by Crippen LogP contribution is -1.96. The monoisotopic (exact) mass is 218 g/mol. The molecule has 0 aromatic heterocycles. The van der Waals surface area contributed by atoms with Crippen molar-refractivity contribution in [2.24, 2.45) is 0 Å². The van der Waals surface area contributed by atoms with Crippen LogP contribution in [0, 0.1) is 11.6 Å². The Bertz CT molecular complexity index is 230. The van der Waals surface area contributed by atoms with Gasteiger partial charge in [-0.25, -0.2) is 8.78 Å². The summed E-state index contributed by atoms with van der Waals surface area (Å²) in [5.74, 6) is -1.07. The van der Waals surface area contributed by atoms with Gasteiger partial charge in [0.2, 0.25) is 0 Å². The maximum Gasteiger partial charge on any atom is 0.133 e. The lowest BCUT2D eigenvalue weighted by molar-refractivity contribution is 0.589. The second-order valence-electron chi connectivity index (χ2n) is 1.67. The minimum atomic E-state index is -0.543. The van der Waals surface area contributed by atoms with E-state index >= 15 is 0 Å². The van der Waals surface area contributed by atoms with Crippen molar-refractivity contribution >= 4 is 39.4 Å². The zero-order chi connectivity index (χ0) is 6.85. The normalized spacial score (nSPS) is 7.91. The van der Waals surface area contributed by atoms with Crippen molar-refractivity contribution in [2.75, 3.05) is 0 Å². The topological polar surface area (TPSA) is 0 Å². The van der Waals surface area contributed by atoms with Crippen LogP contribution in [0.15, 0.2) is 18.2 Å². The van der Waals surface area contributed by atoms with Crippen LogP contribution >= 0.6 is 34.1 Å². The highest BCUT2D eigenvalue weighted by Crippen LogP contribution is 2.01. The Hall–Kier alpha value is 0.0900. The van der Waals surface area contributed by atoms with Gasteiger partial charge in [-0.2, -0.15) is 0 Å². The Balaban J connectivity index is 0. The maximum atomic E-state index is 12.3. The summed E-state index contributed by atoms with van der Waals surface area (Å²) < 4.78 is 24.4. The van der Waals surface area contributed by atoms with Crippen molar-refractivity contribution in [3.8, 4) is 0 Å². The van der Waals surface area contributed by atoms with Crippen LogP contribution in [0.4, 0.5) is 8.78 Å². The van der Waals surface area contributed by atoms with E-state index in [-0.39, 0.29) is 24.8 Å². The molecule has 0 saturated carbocycles. The summed E-state index contributed by atoms with van der Waals surface area (Å²) in [6.45, 7) is 0. The minimum Gasteiger partial charge on any atom is -0.207 e. The molecule has 1 rings (SSSR count). The Morgan fingerprint density at radius 2 is 1.64 bits per heavy atom. The molecule has 0 aliphatic rings. The van der Waals surface area contributed by atoms with E-state index in [4.69, 9.17) is 0 Å². The van der Waals surface area contributed by atoms with Crippen LogP contribution in [0.5, 0.6) is 0 Å². The SMILES string of the molecule is Cl.Cl.Fc1ccc(P)c(F)c1. The highest BCUT2D eigenvalue weighted by Gasteiger charge is 1.96. The number of hydrogen-bond acceptors (Lipinski definition) is 0. The summed E-state index contributed by atoms with van der Waals surface area (Å²) in [6.07, 6.45) is 0. The first-order valence-corrected chi connectivity index (χ1v) is 2.98. The molecule has 1 aromatic rings. The molecule has 0 nitrogen and oxygen atoms in total. The molecule has 0 fully saturated rings. The Kier molecular flexibility index (Phi) is 7.09. The fourth-order valence-electron chi connectivity index (χ4n) is 0.502. The number of rotatable bonds is 0. The van der Waals surface area contributed by atoms with Crippen molar-refractivity contribution < 1.29 is 8.78 Å². The van der Waals surface area contributed by atoms with Crippen LogP contribution < -0.4 is 5.30 Å². The van der Waals surface area contributed by atoms with E-state index in [0.29, 0.717) is 5.30 Å². The predicted molar refractivity (Wildman–Crippen MR) is 50.2 cm³/mol. The molecule has 1 aromatic carbocycles. The van der Waals surface area contributed by atoms with E-state index in [1.54, 1.807) is 0 Å². The molecule has 0 saturated heterocycles. The second-order valence-corrected chi connectivity index (χ2v) is 2.29. The molecule has 0 heterocycles. The fraction of sp³-hybridized carbons (Fsp3) is 0. The van der Waals surface area contributed by atoms with Gasteiger partial charge in [0, 0.05) is 11.4 Å². The molecular formula is C6H7Cl2F2P. The zero-order valence-corrected chi connectivity index (χ0v) is 8.17. The highest BCUT2D eigenvalue weighted by molar-refractivity contribution is 7.27. The van der Waals surface area contributed by atoms with Crippen molar-refractivity contribution in [3.63, 3.8) is 0 Å². The van der Waals surface area contributed by atoms with E-state index in [1.165, 1.54) is 12.1 Å². The van der Waals surface area contributed by atoms with E-state index in [9.17, 15) is 8.78 Å². The van der Waals surface area contributed by atoms with E-state index in [0.717, 1.165) is 6.07 Å². The summed E-state index contributed by atoms with van der Waals surface area (Å²) in [5.41, 5.74) is 0. The molecule has 1 atom stereocenters. The molecule has 5 heteroatoms. The van der Waals surface area contributed by atoms with E-state index in [2.05, 4.69) is 9.24 Å². The molecule has 0 aliphatic heterocycles. The fourth-order valence-corrected chi connectivity index (χ4v) is 0.681. The Labute approximate surface area is 78.4 Å². The van der Waals surface area contributed by atoms with Gasteiger partial charge in [-0.15, -0.1) is 34.1 Å². The van der Waals surface area contributed by atoms with Gasteiger partial charge in [-0.1, -0.05) is 0 Å². The van der Waals surface area contributed by atoms with Gasteiger partial charge in [0.25, 0.3) is 0 Å². The highest BCUT2D eigenvalue weighted by atomic mass is 35.5. The summed E-state index contributed by atoms with van der Waals surface area (Å²) in [4.78, 5) is 0. The van der Waals surface area contributed by atoms with Gasteiger partial charge in [-0.3, -0.25) is 0 Å². The molecule has 0 spiro atoms. The first kappa shape index (κ1) is 13.7. The molecule has 0 N–H and O–H groups in total. The lowest BCUT2D eigenvalue weighted by atomic mass is 10.3. The van der Waals surface area contributed by atoms with Crippen molar-refractivity contribution in [1.82, 2.24) is 0 Å². The number of benzene rings is 1. The molecule has 0 radical (unpaired) electrons. The van der Waals surface area contributed by atoms with Crippen molar-refractivity contribution in [2.45, 2.75) is 0 Å². The molecule has 64 valence electrons. The molecule has 11 heavy (non-hydrogen) atoms. The van der Waals surface area contributed by atoms with E-state index < -0.39 is 11.6 Å². The number of halogens is 4. The van der Waals surface area contributed by atoms with Crippen LogP contribution in [0.2, 0.25) is 0 Å². The third-order valence-electron chi connectivity index (χ3n) is 0.962. The number of hydrogen-bond donors (Lipinski definition) is 0. The molecule has 0 bridgehead atoms. The van der Waals surface area contributed by atoms with Gasteiger partial charge < -0.3 is 0 Å². The summed E-state index contributed by atoms with van der Waals surface area (Å²) in [7, 11) is 2.17. The van der Waals surface area contributed by atoms with Gasteiger partial charge in [0.15, 0.2) is 0 Å². The van der Waals surface area contributed by atoms with Crippen LogP contribution in [0.1, 0.15) is 0 Å². The molecule has 0 aliphatic carbocycles. The van der Waals surface area contributed by atoms with Crippen molar-refractivity contribution in [1.29, 1.82) is 0 Å². The first-order valence-electron chi connectivity index (χ1n) is 2.40. The predicted octanol–water partition coefficient (Wildman–Crippen LogP) is 2.31. The third kappa shape index (κ3) is 3.85. The summed E-state index contributed by atoms with van der Waals surface area (Å²) in [5, 5.41) is 0.386. The summed E-state index contributed by atoms with van der Waals surface area (Å²) in [6, 6.07) is 3.43. The second kappa shape index (κ2) is 5.70. The van der Waals surface area contributed by atoms with Gasteiger partial charge >= 0.3 is 0 Å². The zero-order valence-electron chi connectivity index (χ0n) is 5.38. The van der Waals surface area contributed by atoms with Gasteiger partial charge in [0.1, 0.15) is 11.6 Å². The van der Waals surface area contributed by atoms with E-state index in [1.807, 2.05) is 0 Å². The van der Waals surface area contributed by atoms with Crippen molar-refractivity contribution in [3.05, 3.63) is 29.8 Å². The first-order chi connectivity index (χ1) is 4.20. The standard InChI is InChI=1S/C6H5F2P.2ClH/c7-4-1-2-6(9)5(8)3-4;;/h1-3H,9H2;2*1H. The molecular weight excluding hydrogens is 212 g/mol. The van der Waals surface area contributed by atoms with Crippen LogP contribution in [0.3, 0.4) is 0 Å². The van der Waals surface area contributed by atoms with Crippen LogP contribution in [-0.4, -0.2) is 0 Å². The van der Waals surface area contributed by atoms with Crippen LogP contribution in [0.25, 0.3) is 0 Å². The Morgan fingerprint density at radius 3 is 2.00 bits per heavy atom. The lowest BCUT2D eigenvalue weighted by Gasteiger charge is -1.92. The molecule has 1 unspecified atom stereocenters. The third-order valence-corrected chi connectivity index (χ3v) is 1.43. The average Bonchev–Trinajstić information content (AvgIpc) is 1.80. The largest absolute Gasteiger partial charge is 0.207 e. The van der Waals surface area contributed by atoms with Gasteiger partial charge in [-0.05, 0) is 12.1 Å². The quantitative estimate of drug-likeness (QED) is 0.587. The smallest absolute Gasteiger partial charge is 0.133 e. The minimum absolute atomic E-state index is 0. The summed E-state index contributed by atoms with van der Waals surface area (Å²) >= 11 is 0. The van der Waals surface area contributed by atoms with Gasteiger partial charge in [0.05, 0.1) is 0 Å². The Morgan fingerprint density at radius 1 is 1.09 bits per heavy atom. The average molecular weight is 219 g/mol.